The molecular formula is C24H27FN6O2S. The van der Waals surface area contributed by atoms with Gasteiger partial charge in [-0.2, -0.15) is 14.5 Å². The number of halogens is 1. The normalized spacial score (nSPS) is 17.1. The van der Waals surface area contributed by atoms with Crippen LogP contribution in [0.3, 0.4) is 0 Å². The van der Waals surface area contributed by atoms with E-state index < -0.39 is 10.0 Å². The lowest BCUT2D eigenvalue weighted by Gasteiger charge is -2.38. The SMILES string of the molecule is Cc1cc2c(cnn2-c2ccc(F)cc2)cc1N1CCC[C@@H](N(C)S(=O)(=O)c2cnn(C)c2)C1. The predicted molar refractivity (Wildman–Crippen MR) is 129 cm³/mol. The number of piperidine rings is 1. The summed E-state index contributed by atoms with van der Waals surface area (Å²) in [6.07, 6.45) is 6.43. The van der Waals surface area contributed by atoms with Crippen molar-refractivity contribution in [2.24, 2.45) is 7.05 Å². The van der Waals surface area contributed by atoms with Gasteiger partial charge in [0.1, 0.15) is 10.7 Å². The highest BCUT2D eigenvalue weighted by molar-refractivity contribution is 7.89. The van der Waals surface area contributed by atoms with Crippen LogP contribution in [-0.2, 0) is 17.1 Å². The number of rotatable bonds is 5. The molecule has 1 aliphatic rings. The third-order valence-corrected chi connectivity index (χ3v) is 8.43. The van der Waals surface area contributed by atoms with Gasteiger partial charge in [-0.3, -0.25) is 4.68 Å². The number of nitrogens with zero attached hydrogens (tertiary/aromatic N) is 6. The van der Waals surface area contributed by atoms with Crippen molar-refractivity contribution in [3.8, 4) is 5.69 Å². The van der Waals surface area contributed by atoms with E-state index in [0.717, 1.165) is 47.2 Å². The van der Waals surface area contributed by atoms with Crippen molar-refractivity contribution >= 4 is 26.6 Å². The van der Waals surface area contributed by atoms with Crippen LogP contribution in [0.2, 0.25) is 0 Å². The fourth-order valence-corrected chi connectivity index (χ4v) is 6.02. The van der Waals surface area contributed by atoms with Crippen LogP contribution in [-0.4, -0.2) is 58.5 Å². The molecule has 4 aromatic rings. The highest BCUT2D eigenvalue weighted by Crippen LogP contribution is 2.31. The summed E-state index contributed by atoms with van der Waals surface area (Å²) in [6, 6.07) is 10.3. The van der Waals surface area contributed by atoms with E-state index in [-0.39, 0.29) is 16.8 Å². The molecule has 5 rings (SSSR count). The fourth-order valence-electron chi connectivity index (χ4n) is 4.66. The third kappa shape index (κ3) is 3.97. The van der Waals surface area contributed by atoms with Crippen molar-refractivity contribution < 1.29 is 12.8 Å². The van der Waals surface area contributed by atoms with Gasteiger partial charge in [-0.1, -0.05) is 0 Å². The van der Waals surface area contributed by atoms with Gasteiger partial charge in [0, 0.05) is 50.5 Å². The molecule has 0 N–H and O–H groups in total. The number of fused-ring (bicyclic) bond motifs is 1. The zero-order chi connectivity index (χ0) is 24.0. The number of hydrogen-bond donors (Lipinski definition) is 0. The molecule has 0 unspecified atom stereocenters. The van der Waals surface area contributed by atoms with Gasteiger partial charge < -0.3 is 4.90 Å². The number of hydrogen-bond acceptors (Lipinski definition) is 5. The van der Waals surface area contributed by atoms with E-state index in [1.54, 1.807) is 30.9 Å². The quantitative estimate of drug-likeness (QED) is 0.435. The Hall–Kier alpha value is -3.24. The van der Waals surface area contributed by atoms with E-state index in [2.05, 4.69) is 34.2 Å². The summed E-state index contributed by atoms with van der Waals surface area (Å²) in [5, 5.41) is 9.50. The summed E-state index contributed by atoms with van der Waals surface area (Å²) in [7, 11) is -0.256. The lowest BCUT2D eigenvalue weighted by atomic mass is 10.0. The maximum absolute atomic E-state index is 13.3. The maximum atomic E-state index is 13.3. The molecule has 178 valence electrons. The molecule has 1 saturated heterocycles. The lowest BCUT2D eigenvalue weighted by Crippen LogP contribution is -2.48. The molecule has 0 bridgehead atoms. The molecule has 34 heavy (non-hydrogen) atoms. The molecule has 0 radical (unpaired) electrons. The van der Waals surface area contributed by atoms with Crippen LogP contribution in [0.1, 0.15) is 18.4 Å². The highest BCUT2D eigenvalue weighted by atomic mass is 32.2. The van der Waals surface area contributed by atoms with Gasteiger partial charge in [-0.25, -0.2) is 17.5 Å². The Bertz CT molecular complexity index is 1440. The topological polar surface area (TPSA) is 76.3 Å². The van der Waals surface area contributed by atoms with Crippen molar-refractivity contribution in [3.05, 3.63) is 66.4 Å². The van der Waals surface area contributed by atoms with Crippen molar-refractivity contribution in [1.29, 1.82) is 0 Å². The van der Waals surface area contributed by atoms with E-state index in [1.165, 1.54) is 33.5 Å². The van der Waals surface area contributed by atoms with E-state index in [4.69, 9.17) is 0 Å². The van der Waals surface area contributed by atoms with Crippen LogP contribution in [0.25, 0.3) is 16.6 Å². The van der Waals surface area contributed by atoms with Gasteiger partial charge in [0.2, 0.25) is 10.0 Å². The first kappa shape index (κ1) is 22.5. The molecule has 0 spiro atoms. The Kier molecular flexibility index (Phi) is 5.65. The van der Waals surface area contributed by atoms with E-state index in [9.17, 15) is 12.8 Å². The standard InChI is InChI=1S/C24H27FN6O2S/c1-17-11-24-18(13-27-31(24)20-8-6-19(25)7-9-20)12-23(17)30-10-4-5-21(15-30)29(3)34(32,33)22-14-26-28(2)16-22/h6-9,11-14,16,21H,4-5,10,15H2,1-3H3/t21-/m1/s1. The molecule has 3 heterocycles. The second-order valence-electron chi connectivity index (χ2n) is 8.84. The molecule has 10 heteroatoms. The molecule has 2 aromatic carbocycles. The fraction of sp³-hybridized carbons (Fsp3) is 0.333. The Morgan fingerprint density at radius 3 is 2.59 bits per heavy atom. The molecule has 0 aliphatic carbocycles. The number of anilines is 1. The largest absolute Gasteiger partial charge is 0.370 e. The van der Waals surface area contributed by atoms with Gasteiger partial charge in [0.15, 0.2) is 0 Å². The van der Waals surface area contributed by atoms with Gasteiger partial charge >= 0.3 is 0 Å². The molecule has 2 aromatic heterocycles. The lowest BCUT2D eigenvalue weighted by molar-refractivity contribution is 0.320. The summed E-state index contributed by atoms with van der Waals surface area (Å²) in [6.45, 7) is 3.51. The van der Waals surface area contributed by atoms with Gasteiger partial charge in [0.05, 0.1) is 23.6 Å². The monoisotopic (exact) mass is 482 g/mol. The van der Waals surface area contributed by atoms with Gasteiger partial charge in [-0.05, 0) is 61.7 Å². The Labute approximate surface area is 198 Å². The molecule has 0 saturated carbocycles. The van der Waals surface area contributed by atoms with E-state index in [0.29, 0.717) is 6.54 Å². The van der Waals surface area contributed by atoms with Gasteiger partial charge in [0.25, 0.3) is 0 Å². The van der Waals surface area contributed by atoms with Crippen molar-refractivity contribution in [1.82, 2.24) is 23.9 Å². The minimum absolute atomic E-state index is 0.143. The van der Waals surface area contributed by atoms with Crippen LogP contribution in [0.15, 0.2) is 59.9 Å². The average molecular weight is 483 g/mol. The second kappa shape index (κ2) is 8.52. The minimum atomic E-state index is -3.62. The molecular weight excluding hydrogens is 455 g/mol. The number of benzene rings is 2. The Balaban J connectivity index is 1.42. The molecule has 1 atom stereocenters. The summed E-state index contributed by atoms with van der Waals surface area (Å²) in [5.41, 5.74) is 3.89. The second-order valence-corrected chi connectivity index (χ2v) is 10.8. The average Bonchev–Trinajstić information content (AvgIpc) is 3.45. The maximum Gasteiger partial charge on any atom is 0.246 e. The number of likely N-dealkylation sites (N-methyl/N-ethyl adjacent to an activating group) is 1. The summed E-state index contributed by atoms with van der Waals surface area (Å²) < 4.78 is 44.3. The van der Waals surface area contributed by atoms with Gasteiger partial charge in [-0.15, -0.1) is 0 Å². The Morgan fingerprint density at radius 1 is 1.12 bits per heavy atom. The van der Waals surface area contributed by atoms with Crippen LogP contribution < -0.4 is 4.90 Å². The van der Waals surface area contributed by atoms with Crippen molar-refractivity contribution in [2.75, 3.05) is 25.0 Å². The molecule has 1 aliphatic heterocycles. The zero-order valence-corrected chi connectivity index (χ0v) is 20.2. The number of aromatic nitrogens is 4. The zero-order valence-electron chi connectivity index (χ0n) is 19.4. The first-order valence-electron chi connectivity index (χ1n) is 11.2. The Morgan fingerprint density at radius 2 is 1.88 bits per heavy atom. The number of aryl methyl sites for hydroxylation is 2. The highest BCUT2D eigenvalue weighted by Gasteiger charge is 2.32. The van der Waals surface area contributed by atoms with E-state index in [1.807, 2.05) is 6.20 Å². The van der Waals surface area contributed by atoms with Crippen LogP contribution in [0.5, 0.6) is 0 Å². The van der Waals surface area contributed by atoms with Crippen molar-refractivity contribution in [2.45, 2.75) is 30.7 Å². The number of sulfonamides is 1. The first-order chi connectivity index (χ1) is 16.2. The third-order valence-electron chi connectivity index (χ3n) is 6.57. The molecule has 8 nitrogen and oxygen atoms in total. The minimum Gasteiger partial charge on any atom is -0.370 e. The summed E-state index contributed by atoms with van der Waals surface area (Å²) >= 11 is 0. The van der Waals surface area contributed by atoms with E-state index >= 15 is 0 Å². The van der Waals surface area contributed by atoms with Crippen LogP contribution in [0, 0.1) is 12.7 Å². The van der Waals surface area contributed by atoms with Crippen LogP contribution in [0.4, 0.5) is 10.1 Å². The summed E-state index contributed by atoms with van der Waals surface area (Å²) in [4.78, 5) is 2.47. The summed E-state index contributed by atoms with van der Waals surface area (Å²) in [5.74, 6) is -0.283. The first-order valence-corrected chi connectivity index (χ1v) is 12.6. The molecule has 1 fully saturated rings. The molecule has 0 amide bonds. The van der Waals surface area contributed by atoms with Crippen molar-refractivity contribution in [3.63, 3.8) is 0 Å². The van der Waals surface area contributed by atoms with Crippen LogP contribution >= 0.6 is 0 Å². The predicted octanol–water partition coefficient (Wildman–Crippen LogP) is 3.50. The smallest absolute Gasteiger partial charge is 0.246 e.